The number of nitrogens with one attached hydrogen (secondary N) is 1. The average Bonchev–Trinajstić information content (AvgIpc) is 2.69. The highest BCUT2D eigenvalue weighted by molar-refractivity contribution is 5.71. The average molecular weight is 235 g/mol. The number of aryl methyl sites for hydroxylation is 1. The molecule has 0 aliphatic carbocycles. The minimum absolute atomic E-state index is 0.147. The SMILES string of the molecule is COc1ccc2[nH]c(CCCC(=O)O)nc2n1. The van der Waals surface area contributed by atoms with Crippen molar-refractivity contribution in [2.75, 3.05) is 7.11 Å². The molecule has 0 saturated carbocycles. The Balaban J connectivity index is 2.11. The number of carboxylic acids is 1. The number of hydrogen-bond donors (Lipinski definition) is 2. The van der Waals surface area contributed by atoms with Crippen LogP contribution in [0.4, 0.5) is 0 Å². The van der Waals surface area contributed by atoms with Gasteiger partial charge in [-0.3, -0.25) is 4.79 Å². The van der Waals surface area contributed by atoms with Gasteiger partial charge in [0.1, 0.15) is 5.82 Å². The Morgan fingerprint density at radius 2 is 2.29 bits per heavy atom. The van der Waals surface area contributed by atoms with Crippen LogP contribution in [0.2, 0.25) is 0 Å². The summed E-state index contributed by atoms with van der Waals surface area (Å²) in [6, 6.07) is 3.59. The van der Waals surface area contributed by atoms with Crippen molar-refractivity contribution in [2.24, 2.45) is 0 Å². The number of aromatic amines is 1. The number of fused-ring (bicyclic) bond motifs is 1. The number of pyridine rings is 1. The third kappa shape index (κ3) is 2.72. The first kappa shape index (κ1) is 11.4. The molecule has 0 saturated heterocycles. The quantitative estimate of drug-likeness (QED) is 0.817. The molecule has 0 spiro atoms. The highest BCUT2D eigenvalue weighted by atomic mass is 16.5. The largest absolute Gasteiger partial charge is 0.481 e. The summed E-state index contributed by atoms with van der Waals surface area (Å²) < 4.78 is 5.00. The summed E-state index contributed by atoms with van der Waals surface area (Å²) in [7, 11) is 1.55. The van der Waals surface area contributed by atoms with Gasteiger partial charge < -0.3 is 14.8 Å². The minimum Gasteiger partial charge on any atom is -0.481 e. The van der Waals surface area contributed by atoms with Crippen molar-refractivity contribution in [3.8, 4) is 5.88 Å². The van der Waals surface area contributed by atoms with E-state index in [1.165, 1.54) is 0 Å². The van der Waals surface area contributed by atoms with E-state index in [1.54, 1.807) is 13.2 Å². The molecule has 2 rings (SSSR count). The first-order valence-corrected chi connectivity index (χ1v) is 5.30. The van der Waals surface area contributed by atoms with E-state index in [4.69, 9.17) is 9.84 Å². The van der Waals surface area contributed by atoms with Gasteiger partial charge in [-0.05, 0) is 12.5 Å². The van der Waals surface area contributed by atoms with Gasteiger partial charge in [-0.15, -0.1) is 0 Å². The number of aromatic nitrogens is 3. The zero-order valence-electron chi connectivity index (χ0n) is 9.43. The van der Waals surface area contributed by atoms with Crippen molar-refractivity contribution in [1.29, 1.82) is 0 Å². The van der Waals surface area contributed by atoms with Crippen molar-refractivity contribution in [3.63, 3.8) is 0 Å². The lowest BCUT2D eigenvalue weighted by Crippen LogP contribution is -1.96. The molecule has 0 aromatic carbocycles. The Morgan fingerprint density at radius 1 is 1.47 bits per heavy atom. The Kier molecular flexibility index (Phi) is 3.22. The molecule has 17 heavy (non-hydrogen) atoms. The van der Waals surface area contributed by atoms with Gasteiger partial charge in [0.15, 0.2) is 5.65 Å². The number of H-pyrrole nitrogens is 1. The molecule has 2 heterocycles. The van der Waals surface area contributed by atoms with E-state index in [9.17, 15) is 4.79 Å². The number of methoxy groups -OCH3 is 1. The fourth-order valence-corrected chi connectivity index (χ4v) is 1.56. The number of imidazole rings is 1. The summed E-state index contributed by atoms with van der Waals surface area (Å²) in [6.45, 7) is 0. The summed E-state index contributed by atoms with van der Waals surface area (Å²) in [6.07, 6.45) is 1.31. The molecule has 90 valence electrons. The molecular weight excluding hydrogens is 222 g/mol. The highest BCUT2D eigenvalue weighted by Crippen LogP contribution is 2.14. The molecular formula is C11H13N3O3. The van der Waals surface area contributed by atoms with Crippen LogP contribution >= 0.6 is 0 Å². The van der Waals surface area contributed by atoms with Crippen LogP contribution in [0.5, 0.6) is 5.88 Å². The molecule has 0 aliphatic rings. The maximum Gasteiger partial charge on any atom is 0.303 e. The maximum atomic E-state index is 10.4. The fourth-order valence-electron chi connectivity index (χ4n) is 1.56. The molecule has 0 bridgehead atoms. The lowest BCUT2D eigenvalue weighted by Gasteiger charge is -1.95. The second kappa shape index (κ2) is 4.82. The van der Waals surface area contributed by atoms with E-state index in [2.05, 4.69) is 15.0 Å². The van der Waals surface area contributed by atoms with Crippen LogP contribution in [-0.2, 0) is 11.2 Å². The number of carboxylic acid groups (broad SMARTS) is 1. The molecule has 0 radical (unpaired) electrons. The smallest absolute Gasteiger partial charge is 0.303 e. The Morgan fingerprint density at radius 3 is 3.00 bits per heavy atom. The summed E-state index contributed by atoms with van der Waals surface area (Å²) in [5.41, 5.74) is 1.42. The summed E-state index contributed by atoms with van der Waals surface area (Å²) in [4.78, 5) is 21.9. The third-order valence-electron chi connectivity index (χ3n) is 2.38. The van der Waals surface area contributed by atoms with Gasteiger partial charge in [-0.1, -0.05) is 0 Å². The number of rotatable bonds is 5. The van der Waals surface area contributed by atoms with Crippen LogP contribution in [0, 0.1) is 0 Å². The van der Waals surface area contributed by atoms with Crippen molar-refractivity contribution >= 4 is 17.1 Å². The Labute approximate surface area is 97.7 Å². The van der Waals surface area contributed by atoms with Crippen LogP contribution < -0.4 is 4.74 Å². The van der Waals surface area contributed by atoms with Gasteiger partial charge in [0, 0.05) is 18.9 Å². The molecule has 0 atom stereocenters. The van der Waals surface area contributed by atoms with Gasteiger partial charge in [0.2, 0.25) is 5.88 Å². The number of carbonyl (C=O) groups is 1. The van der Waals surface area contributed by atoms with E-state index < -0.39 is 5.97 Å². The van der Waals surface area contributed by atoms with Gasteiger partial charge >= 0.3 is 5.97 Å². The van der Waals surface area contributed by atoms with E-state index in [-0.39, 0.29) is 6.42 Å². The molecule has 0 amide bonds. The zero-order valence-corrected chi connectivity index (χ0v) is 9.43. The fraction of sp³-hybridized carbons (Fsp3) is 0.364. The third-order valence-corrected chi connectivity index (χ3v) is 2.38. The second-order valence-corrected chi connectivity index (χ2v) is 3.66. The summed E-state index contributed by atoms with van der Waals surface area (Å²) in [5.74, 6) is 0.476. The highest BCUT2D eigenvalue weighted by Gasteiger charge is 2.06. The molecule has 0 aliphatic heterocycles. The number of hydrogen-bond acceptors (Lipinski definition) is 4. The number of aliphatic carboxylic acids is 1. The summed E-state index contributed by atoms with van der Waals surface area (Å²) >= 11 is 0. The van der Waals surface area contributed by atoms with Gasteiger partial charge in [0.25, 0.3) is 0 Å². The monoisotopic (exact) mass is 235 g/mol. The number of ether oxygens (including phenoxy) is 1. The van der Waals surface area contributed by atoms with Gasteiger partial charge in [0.05, 0.1) is 12.6 Å². The van der Waals surface area contributed by atoms with Crippen LogP contribution in [-0.4, -0.2) is 33.1 Å². The standard InChI is InChI=1S/C11H13N3O3/c1-17-9-6-5-7-11(14-9)13-8(12-7)3-2-4-10(15)16/h5-6H,2-4H2,1H3,(H,15,16)(H,12,13,14). The molecule has 6 nitrogen and oxygen atoms in total. The van der Waals surface area contributed by atoms with Crippen LogP contribution in [0.3, 0.4) is 0 Å². The second-order valence-electron chi connectivity index (χ2n) is 3.66. The molecule has 2 aromatic rings. The predicted molar refractivity (Wildman–Crippen MR) is 61.0 cm³/mol. The molecule has 0 fully saturated rings. The first-order chi connectivity index (χ1) is 8.19. The normalized spacial score (nSPS) is 10.6. The van der Waals surface area contributed by atoms with E-state index >= 15 is 0 Å². The Hall–Kier alpha value is -2.11. The zero-order chi connectivity index (χ0) is 12.3. The van der Waals surface area contributed by atoms with E-state index in [0.29, 0.717) is 24.4 Å². The minimum atomic E-state index is -0.791. The lowest BCUT2D eigenvalue weighted by atomic mass is 10.2. The van der Waals surface area contributed by atoms with Crippen LogP contribution in [0.15, 0.2) is 12.1 Å². The van der Waals surface area contributed by atoms with Crippen LogP contribution in [0.25, 0.3) is 11.2 Å². The van der Waals surface area contributed by atoms with Crippen molar-refractivity contribution in [3.05, 3.63) is 18.0 Å². The van der Waals surface area contributed by atoms with Crippen LogP contribution in [0.1, 0.15) is 18.7 Å². The van der Waals surface area contributed by atoms with Crippen molar-refractivity contribution in [2.45, 2.75) is 19.3 Å². The number of nitrogens with zero attached hydrogens (tertiary/aromatic N) is 2. The predicted octanol–water partition coefficient (Wildman–Crippen LogP) is 1.37. The van der Waals surface area contributed by atoms with E-state index in [1.807, 2.05) is 6.07 Å². The molecule has 2 aromatic heterocycles. The van der Waals surface area contributed by atoms with Gasteiger partial charge in [-0.2, -0.15) is 4.98 Å². The molecule has 0 unspecified atom stereocenters. The van der Waals surface area contributed by atoms with Crippen molar-refractivity contribution < 1.29 is 14.6 Å². The molecule has 6 heteroatoms. The first-order valence-electron chi connectivity index (χ1n) is 5.30. The van der Waals surface area contributed by atoms with Gasteiger partial charge in [-0.25, -0.2) is 4.98 Å². The lowest BCUT2D eigenvalue weighted by molar-refractivity contribution is -0.137. The molecule has 2 N–H and O–H groups in total. The maximum absolute atomic E-state index is 10.4. The summed E-state index contributed by atoms with van der Waals surface area (Å²) in [5, 5.41) is 8.54. The Bertz CT molecular complexity index is 536. The van der Waals surface area contributed by atoms with E-state index in [0.717, 1.165) is 11.3 Å². The van der Waals surface area contributed by atoms with Crippen molar-refractivity contribution in [1.82, 2.24) is 15.0 Å². The topological polar surface area (TPSA) is 88.1 Å².